The van der Waals surface area contributed by atoms with Crippen molar-refractivity contribution in [1.82, 2.24) is 19.9 Å². The van der Waals surface area contributed by atoms with E-state index in [-0.39, 0.29) is 5.95 Å². The molecule has 1 atom stereocenters. The number of anilines is 2. The zero-order valence-corrected chi connectivity index (χ0v) is 13.6. The number of ether oxygens (including phenoxy) is 1. The molecule has 124 valence electrons. The van der Waals surface area contributed by atoms with Gasteiger partial charge >= 0.3 is 0 Å². The molecule has 0 aliphatic carbocycles. The molecular weight excluding hydrogens is 304 g/mol. The minimum Gasteiger partial charge on any atom is -0.383 e. The number of hydrogen-bond acceptors (Lipinski definition) is 6. The second-order valence-electron chi connectivity index (χ2n) is 6.00. The summed E-state index contributed by atoms with van der Waals surface area (Å²) in [6.45, 7) is 1.74. The molecule has 0 saturated carbocycles. The second kappa shape index (κ2) is 6.09. The lowest BCUT2D eigenvalue weighted by Gasteiger charge is -2.27. The van der Waals surface area contributed by atoms with Crippen LogP contribution in [-0.2, 0) is 4.74 Å². The third-order valence-corrected chi connectivity index (χ3v) is 4.55. The predicted octanol–water partition coefficient (Wildman–Crippen LogP) is 2.22. The molecule has 1 fully saturated rings. The fraction of sp³-hybridized carbons (Fsp3) is 0.353. The number of nitrogens with one attached hydrogen (secondary N) is 1. The van der Waals surface area contributed by atoms with Crippen molar-refractivity contribution in [3.05, 3.63) is 30.7 Å². The van der Waals surface area contributed by atoms with E-state index in [1.165, 1.54) is 0 Å². The van der Waals surface area contributed by atoms with E-state index in [1.54, 1.807) is 13.3 Å². The highest BCUT2D eigenvalue weighted by molar-refractivity contribution is 6.02. The van der Waals surface area contributed by atoms with Crippen LogP contribution in [0, 0.1) is 0 Å². The molecule has 1 aliphatic rings. The van der Waals surface area contributed by atoms with Crippen molar-refractivity contribution in [2.24, 2.45) is 0 Å². The van der Waals surface area contributed by atoms with Crippen LogP contribution >= 0.6 is 0 Å². The molecule has 7 nitrogen and oxygen atoms in total. The summed E-state index contributed by atoms with van der Waals surface area (Å²) < 4.78 is 5.40. The van der Waals surface area contributed by atoms with Crippen molar-refractivity contribution >= 4 is 22.7 Å². The molecule has 0 aromatic carbocycles. The average Bonchev–Trinajstić information content (AvgIpc) is 3.21. The number of nitrogen functional groups attached to an aromatic ring is 1. The van der Waals surface area contributed by atoms with E-state index < -0.39 is 0 Å². The van der Waals surface area contributed by atoms with Gasteiger partial charge in [-0.25, -0.2) is 15.0 Å². The summed E-state index contributed by atoms with van der Waals surface area (Å²) in [6.07, 6.45) is 7.75. The molecular formula is C17H20N6O. The van der Waals surface area contributed by atoms with Crippen molar-refractivity contribution in [3.63, 3.8) is 0 Å². The Morgan fingerprint density at radius 1 is 1.33 bits per heavy atom. The molecule has 1 aliphatic heterocycles. The first-order chi connectivity index (χ1) is 11.8. The standard InChI is InChI=1S/C17H20N6O/c1-24-10-11-3-2-8-23(11)14-5-7-19-16-15(14)12(9-21-16)13-4-6-20-17(18)22-13/h4-7,9,11H,2-3,8,10H2,1H3,(H,19,21)(H2,18,20,22)/t11-/m1/s1. The Kier molecular flexibility index (Phi) is 3.78. The van der Waals surface area contributed by atoms with Crippen molar-refractivity contribution in [3.8, 4) is 11.3 Å². The number of hydrogen-bond donors (Lipinski definition) is 2. The first-order valence-electron chi connectivity index (χ1n) is 8.08. The molecule has 3 aromatic rings. The number of rotatable bonds is 4. The topological polar surface area (TPSA) is 93.0 Å². The van der Waals surface area contributed by atoms with Gasteiger partial charge in [-0.3, -0.25) is 0 Å². The number of nitrogens with zero attached hydrogens (tertiary/aromatic N) is 4. The number of pyridine rings is 1. The molecule has 0 radical (unpaired) electrons. The summed E-state index contributed by atoms with van der Waals surface area (Å²) in [5.74, 6) is 0.269. The summed E-state index contributed by atoms with van der Waals surface area (Å²) in [5, 5.41) is 1.07. The average molecular weight is 324 g/mol. The number of H-pyrrole nitrogens is 1. The van der Waals surface area contributed by atoms with Crippen LogP contribution in [0.2, 0.25) is 0 Å². The van der Waals surface area contributed by atoms with E-state index in [9.17, 15) is 0 Å². The van der Waals surface area contributed by atoms with Gasteiger partial charge in [0.2, 0.25) is 5.95 Å². The maximum atomic E-state index is 5.76. The fourth-order valence-electron chi connectivity index (χ4n) is 3.52. The predicted molar refractivity (Wildman–Crippen MR) is 93.8 cm³/mol. The Hall–Kier alpha value is -2.67. The number of nitrogens with two attached hydrogens (primary N) is 1. The van der Waals surface area contributed by atoms with Gasteiger partial charge in [-0.1, -0.05) is 0 Å². The van der Waals surface area contributed by atoms with E-state index in [0.717, 1.165) is 54.0 Å². The highest BCUT2D eigenvalue weighted by Crippen LogP contribution is 2.37. The lowest BCUT2D eigenvalue weighted by molar-refractivity contribution is 0.181. The van der Waals surface area contributed by atoms with Gasteiger partial charge in [-0.15, -0.1) is 0 Å². The summed E-state index contributed by atoms with van der Waals surface area (Å²) >= 11 is 0. The monoisotopic (exact) mass is 324 g/mol. The van der Waals surface area contributed by atoms with E-state index in [0.29, 0.717) is 6.04 Å². The Balaban J connectivity index is 1.86. The lowest BCUT2D eigenvalue weighted by Crippen LogP contribution is -2.32. The molecule has 7 heteroatoms. The zero-order chi connectivity index (χ0) is 16.5. The SMILES string of the molecule is COC[C@H]1CCCN1c1ccnc2[nH]cc(-c3ccnc(N)n3)c12. The van der Waals surface area contributed by atoms with E-state index in [2.05, 4.69) is 30.9 Å². The summed E-state index contributed by atoms with van der Waals surface area (Å²) in [5.41, 5.74) is 9.55. The third kappa shape index (κ3) is 2.46. The van der Waals surface area contributed by atoms with Crippen LogP contribution in [0.5, 0.6) is 0 Å². The Morgan fingerprint density at radius 2 is 2.21 bits per heavy atom. The van der Waals surface area contributed by atoms with Crippen molar-refractivity contribution in [2.45, 2.75) is 18.9 Å². The van der Waals surface area contributed by atoms with E-state index in [1.807, 2.05) is 18.5 Å². The van der Waals surface area contributed by atoms with E-state index in [4.69, 9.17) is 10.5 Å². The molecule has 24 heavy (non-hydrogen) atoms. The molecule has 0 amide bonds. The smallest absolute Gasteiger partial charge is 0.220 e. The molecule has 0 bridgehead atoms. The molecule has 4 heterocycles. The largest absolute Gasteiger partial charge is 0.383 e. The molecule has 3 N–H and O–H groups in total. The minimum absolute atomic E-state index is 0.269. The minimum atomic E-state index is 0.269. The number of fused-ring (bicyclic) bond motifs is 1. The summed E-state index contributed by atoms with van der Waals surface area (Å²) in [6, 6.07) is 4.32. The van der Waals surface area contributed by atoms with Crippen LogP contribution in [-0.4, -0.2) is 46.2 Å². The van der Waals surface area contributed by atoms with Crippen LogP contribution in [0.4, 0.5) is 11.6 Å². The van der Waals surface area contributed by atoms with Crippen LogP contribution in [0.25, 0.3) is 22.3 Å². The second-order valence-corrected chi connectivity index (χ2v) is 6.00. The van der Waals surface area contributed by atoms with Crippen LogP contribution in [0.15, 0.2) is 30.7 Å². The van der Waals surface area contributed by atoms with Gasteiger partial charge in [0.1, 0.15) is 5.65 Å². The van der Waals surface area contributed by atoms with Crippen LogP contribution < -0.4 is 10.6 Å². The normalized spacial score (nSPS) is 17.7. The van der Waals surface area contributed by atoms with Crippen LogP contribution in [0.3, 0.4) is 0 Å². The molecule has 0 spiro atoms. The first-order valence-corrected chi connectivity index (χ1v) is 8.08. The Bertz CT molecular complexity index is 861. The van der Waals surface area contributed by atoms with Gasteiger partial charge in [0, 0.05) is 37.8 Å². The molecule has 1 saturated heterocycles. The summed E-state index contributed by atoms with van der Waals surface area (Å²) in [4.78, 5) is 18.5. The molecule has 0 unspecified atom stereocenters. The van der Waals surface area contributed by atoms with Crippen molar-refractivity contribution in [2.75, 3.05) is 30.9 Å². The quantitative estimate of drug-likeness (QED) is 0.764. The van der Waals surface area contributed by atoms with Crippen molar-refractivity contribution in [1.29, 1.82) is 0 Å². The third-order valence-electron chi connectivity index (χ3n) is 4.55. The maximum absolute atomic E-state index is 5.76. The highest BCUT2D eigenvalue weighted by atomic mass is 16.5. The lowest BCUT2D eigenvalue weighted by atomic mass is 10.1. The number of aromatic amines is 1. The molecule has 3 aromatic heterocycles. The van der Waals surface area contributed by atoms with Gasteiger partial charge in [-0.2, -0.15) is 0 Å². The summed E-state index contributed by atoms with van der Waals surface area (Å²) in [7, 11) is 1.75. The Labute approximate surface area is 139 Å². The number of methoxy groups -OCH3 is 1. The van der Waals surface area contributed by atoms with Gasteiger partial charge in [0.05, 0.1) is 29.4 Å². The fourth-order valence-corrected chi connectivity index (χ4v) is 3.52. The first kappa shape index (κ1) is 14.9. The van der Waals surface area contributed by atoms with Crippen LogP contribution in [0.1, 0.15) is 12.8 Å². The Morgan fingerprint density at radius 3 is 3.04 bits per heavy atom. The maximum Gasteiger partial charge on any atom is 0.220 e. The van der Waals surface area contributed by atoms with Crippen molar-refractivity contribution < 1.29 is 4.74 Å². The highest BCUT2D eigenvalue weighted by Gasteiger charge is 2.27. The zero-order valence-electron chi connectivity index (χ0n) is 13.6. The van der Waals surface area contributed by atoms with Gasteiger partial charge in [0.25, 0.3) is 0 Å². The van der Waals surface area contributed by atoms with E-state index >= 15 is 0 Å². The van der Waals surface area contributed by atoms with Gasteiger partial charge in [0.15, 0.2) is 0 Å². The van der Waals surface area contributed by atoms with Gasteiger partial charge < -0.3 is 20.4 Å². The number of aromatic nitrogens is 4. The molecule has 4 rings (SSSR count). The van der Waals surface area contributed by atoms with Gasteiger partial charge in [-0.05, 0) is 25.0 Å².